The largest absolute Gasteiger partial charge is 0.450 e. The molecule has 0 aromatic rings. The van der Waals surface area contributed by atoms with Gasteiger partial charge in [0.25, 0.3) is 0 Å². The Kier molecular flexibility index (Phi) is 8.48. The molecule has 0 radical (unpaired) electrons. The Labute approximate surface area is 113 Å². The second-order valence-corrected chi connectivity index (χ2v) is 3.34. The van der Waals surface area contributed by atoms with Crippen LogP contribution in [0.3, 0.4) is 0 Å². The van der Waals surface area contributed by atoms with Crippen molar-refractivity contribution in [1.82, 2.24) is 9.80 Å². The van der Waals surface area contributed by atoms with Gasteiger partial charge in [0.1, 0.15) is 6.67 Å². The number of terminal acetylenes is 2. The van der Waals surface area contributed by atoms with E-state index in [0.29, 0.717) is 0 Å². The highest BCUT2D eigenvalue weighted by molar-refractivity contribution is 5.71. The topological polar surface area (TPSA) is 59.1 Å². The lowest BCUT2D eigenvalue weighted by atomic mass is 10.5. The molecule has 0 aliphatic heterocycles. The normalized spacial score (nSPS) is 8.84. The molecule has 0 saturated carbocycles. The number of amides is 2. The van der Waals surface area contributed by atoms with E-state index < -0.39 is 12.2 Å². The van der Waals surface area contributed by atoms with Crippen molar-refractivity contribution in [3.8, 4) is 24.7 Å². The molecule has 0 atom stereocenters. The lowest BCUT2D eigenvalue weighted by Gasteiger charge is -2.26. The van der Waals surface area contributed by atoms with Crippen molar-refractivity contribution in [1.29, 1.82) is 0 Å². The van der Waals surface area contributed by atoms with Crippen LogP contribution in [0, 0.1) is 24.7 Å². The van der Waals surface area contributed by atoms with E-state index in [1.807, 2.05) is 0 Å². The quantitative estimate of drug-likeness (QED) is 0.534. The van der Waals surface area contributed by atoms with Gasteiger partial charge >= 0.3 is 12.2 Å². The molecule has 0 heterocycles. The molecule has 0 rings (SSSR count). The van der Waals surface area contributed by atoms with Gasteiger partial charge in [-0.05, 0) is 13.8 Å². The smallest absolute Gasteiger partial charge is 0.411 e. The van der Waals surface area contributed by atoms with Crippen LogP contribution in [-0.4, -0.2) is 55.0 Å². The molecular weight excluding hydrogens is 248 g/mol. The summed E-state index contributed by atoms with van der Waals surface area (Å²) in [5.74, 6) is 4.64. The van der Waals surface area contributed by atoms with Crippen LogP contribution in [0.5, 0.6) is 0 Å². The molecule has 0 spiro atoms. The monoisotopic (exact) mass is 266 g/mol. The molecule has 0 N–H and O–H groups in total. The molecule has 0 aliphatic carbocycles. The Balaban J connectivity index is 4.75. The van der Waals surface area contributed by atoms with Crippen LogP contribution in [0.1, 0.15) is 13.8 Å². The minimum atomic E-state index is -0.605. The summed E-state index contributed by atoms with van der Waals surface area (Å²) in [6.45, 7) is 3.74. The van der Waals surface area contributed by atoms with E-state index in [4.69, 9.17) is 22.3 Å². The predicted molar refractivity (Wildman–Crippen MR) is 70.0 cm³/mol. The molecule has 0 aromatic carbocycles. The Bertz CT molecular complexity index is 345. The van der Waals surface area contributed by atoms with Gasteiger partial charge in [0.2, 0.25) is 0 Å². The second kappa shape index (κ2) is 9.67. The molecule has 0 fully saturated rings. The van der Waals surface area contributed by atoms with Gasteiger partial charge in [0, 0.05) is 0 Å². The van der Waals surface area contributed by atoms with Gasteiger partial charge in [-0.1, -0.05) is 11.8 Å². The second-order valence-electron chi connectivity index (χ2n) is 3.34. The minimum Gasteiger partial charge on any atom is -0.450 e. The maximum Gasteiger partial charge on any atom is 0.411 e. The van der Waals surface area contributed by atoms with Gasteiger partial charge in [-0.15, -0.1) is 12.8 Å². The summed E-state index contributed by atoms with van der Waals surface area (Å²) in [7, 11) is 0. The average Bonchev–Trinajstić information content (AvgIpc) is 2.37. The number of hydrogen-bond acceptors (Lipinski definition) is 4. The summed E-state index contributed by atoms with van der Waals surface area (Å²) in [6.07, 6.45) is 9.14. The maximum atomic E-state index is 11.6. The minimum absolute atomic E-state index is 0.0132. The van der Waals surface area contributed by atoms with Gasteiger partial charge in [-0.25, -0.2) is 9.59 Å². The Morgan fingerprint density at radius 2 is 1.32 bits per heavy atom. The van der Waals surface area contributed by atoms with E-state index in [1.165, 1.54) is 9.80 Å². The summed E-state index contributed by atoms with van der Waals surface area (Å²) in [5, 5.41) is 0. The highest BCUT2D eigenvalue weighted by Gasteiger charge is 2.21. The molecule has 0 aromatic heterocycles. The summed E-state index contributed by atoms with van der Waals surface area (Å²) >= 11 is 0. The SMILES string of the molecule is C#CCN(CN(CC#C)C(=O)OCC)C(=O)OCC. The van der Waals surface area contributed by atoms with E-state index >= 15 is 0 Å². The van der Waals surface area contributed by atoms with Crippen molar-refractivity contribution in [2.24, 2.45) is 0 Å². The first-order valence-electron chi connectivity index (χ1n) is 5.80. The highest BCUT2D eigenvalue weighted by Crippen LogP contribution is 2.01. The standard InChI is InChI=1S/C13H18N2O4/c1-5-9-14(12(16)18-7-3)11-15(10-6-2)13(17)19-8-4/h1-2H,7-11H2,3-4H3. The number of nitrogens with zero attached hydrogens (tertiary/aromatic N) is 2. The molecule has 0 aliphatic rings. The number of hydrogen-bond donors (Lipinski definition) is 0. The summed E-state index contributed by atoms with van der Waals surface area (Å²) < 4.78 is 9.67. The zero-order valence-corrected chi connectivity index (χ0v) is 11.2. The van der Waals surface area contributed by atoms with Gasteiger partial charge in [0.05, 0.1) is 26.3 Å². The van der Waals surface area contributed by atoms with Gasteiger partial charge in [-0.2, -0.15) is 0 Å². The Morgan fingerprint density at radius 3 is 1.58 bits per heavy atom. The lowest BCUT2D eigenvalue weighted by molar-refractivity contribution is 0.0711. The first-order chi connectivity index (χ1) is 9.10. The number of carbonyl (C=O) groups excluding carboxylic acids is 2. The fraction of sp³-hybridized carbons (Fsp3) is 0.538. The third-order valence-electron chi connectivity index (χ3n) is 1.96. The molecular formula is C13H18N2O4. The molecule has 19 heavy (non-hydrogen) atoms. The first kappa shape index (κ1) is 16.7. The number of rotatable bonds is 6. The van der Waals surface area contributed by atoms with E-state index in [1.54, 1.807) is 13.8 Å². The molecule has 0 unspecified atom stereocenters. The molecule has 6 heteroatoms. The third-order valence-corrected chi connectivity index (χ3v) is 1.96. The fourth-order valence-electron chi connectivity index (χ4n) is 1.20. The van der Waals surface area contributed by atoms with Crippen LogP contribution in [0.15, 0.2) is 0 Å². The first-order valence-corrected chi connectivity index (χ1v) is 5.80. The zero-order valence-electron chi connectivity index (χ0n) is 11.2. The molecule has 2 amide bonds. The van der Waals surface area contributed by atoms with Gasteiger partial charge < -0.3 is 9.47 Å². The number of ether oxygens (including phenoxy) is 2. The van der Waals surface area contributed by atoms with Gasteiger partial charge in [0.15, 0.2) is 0 Å². The zero-order chi connectivity index (χ0) is 14.7. The van der Waals surface area contributed by atoms with Gasteiger partial charge in [-0.3, -0.25) is 9.80 Å². The molecule has 104 valence electrons. The van der Waals surface area contributed by atoms with Crippen LogP contribution in [0.25, 0.3) is 0 Å². The summed E-state index contributed by atoms with van der Waals surface area (Å²) in [6, 6.07) is 0. The number of carbonyl (C=O) groups is 2. The van der Waals surface area contributed by atoms with Crippen molar-refractivity contribution < 1.29 is 19.1 Å². The van der Waals surface area contributed by atoms with Crippen molar-refractivity contribution in [3.63, 3.8) is 0 Å². The molecule has 0 bridgehead atoms. The van der Waals surface area contributed by atoms with E-state index in [-0.39, 0.29) is 33.0 Å². The van der Waals surface area contributed by atoms with E-state index in [0.717, 1.165) is 0 Å². The van der Waals surface area contributed by atoms with Crippen molar-refractivity contribution >= 4 is 12.2 Å². The Hall–Kier alpha value is -2.34. The van der Waals surface area contributed by atoms with Crippen LogP contribution < -0.4 is 0 Å². The predicted octanol–water partition coefficient (Wildman–Crippen LogP) is 1.13. The molecule has 6 nitrogen and oxygen atoms in total. The van der Waals surface area contributed by atoms with E-state index in [2.05, 4.69) is 11.8 Å². The third kappa shape index (κ3) is 6.23. The van der Waals surface area contributed by atoms with Crippen LogP contribution in [-0.2, 0) is 9.47 Å². The highest BCUT2D eigenvalue weighted by atomic mass is 16.6. The Morgan fingerprint density at radius 1 is 0.947 bits per heavy atom. The van der Waals surface area contributed by atoms with Crippen molar-refractivity contribution in [3.05, 3.63) is 0 Å². The van der Waals surface area contributed by atoms with E-state index in [9.17, 15) is 9.59 Å². The summed E-state index contributed by atoms with van der Waals surface area (Å²) in [5.41, 5.74) is 0. The summed E-state index contributed by atoms with van der Waals surface area (Å²) in [4.78, 5) is 25.6. The van der Waals surface area contributed by atoms with Crippen molar-refractivity contribution in [2.45, 2.75) is 13.8 Å². The lowest BCUT2D eigenvalue weighted by Crippen LogP contribution is -2.45. The molecule has 0 saturated heterocycles. The van der Waals surface area contributed by atoms with Crippen molar-refractivity contribution in [2.75, 3.05) is 33.0 Å². The average molecular weight is 266 g/mol. The maximum absolute atomic E-state index is 11.6. The van der Waals surface area contributed by atoms with Crippen LogP contribution in [0.2, 0.25) is 0 Å². The fourth-order valence-corrected chi connectivity index (χ4v) is 1.20. The van der Waals surface area contributed by atoms with Crippen LogP contribution in [0.4, 0.5) is 9.59 Å². The van der Waals surface area contributed by atoms with Crippen LogP contribution >= 0.6 is 0 Å².